The van der Waals surface area contributed by atoms with E-state index in [1.54, 1.807) is 0 Å². The third-order valence-corrected chi connectivity index (χ3v) is 4.02. The Morgan fingerprint density at radius 1 is 1.04 bits per heavy atom. The molecule has 3 heteroatoms. The number of ether oxygens (including phenoxy) is 1. The normalized spacial score (nSPS) is 10.9. The van der Waals surface area contributed by atoms with Gasteiger partial charge in [-0.1, -0.05) is 31.5 Å². The largest absolute Gasteiger partial charge is 0.438 e. The van der Waals surface area contributed by atoms with Crippen LogP contribution in [0.15, 0.2) is 18.2 Å². The summed E-state index contributed by atoms with van der Waals surface area (Å²) in [5.41, 5.74) is 5.35. The molecule has 0 bridgehead atoms. The number of rotatable bonds is 6. The third kappa shape index (κ3) is 4.47. The van der Waals surface area contributed by atoms with Gasteiger partial charge in [0, 0.05) is 17.4 Å². The fraction of sp³-hybridized carbons (Fsp3) is 0.450. The summed E-state index contributed by atoms with van der Waals surface area (Å²) < 4.78 is 6.06. The fourth-order valence-electron chi connectivity index (χ4n) is 2.84. The van der Waals surface area contributed by atoms with Crippen molar-refractivity contribution in [2.45, 2.75) is 60.4 Å². The second-order valence-electron chi connectivity index (χ2n) is 6.23. The number of aryl methyl sites for hydroxylation is 4. The van der Waals surface area contributed by atoms with Crippen molar-refractivity contribution >= 4 is 5.69 Å². The van der Waals surface area contributed by atoms with Crippen molar-refractivity contribution < 1.29 is 4.74 Å². The first-order valence-corrected chi connectivity index (χ1v) is 8.36. The van der Waals surface area contributed by atoms with Gasteiger partial charge >= 0.3 is 0 Å². The van der Waals surface area contributed by atoms with E-state index in [1.165, 1.54) is 5.56 Å². The van der Waals surface area contributed by atoms with E-state index in [0.717, 1.165) is 41.1 Å². The molecule has 1 aromatic carbocycles. The van der Waals surface area contributed by atoms with E-state index in [1.807, 2.05) is 13.0 Å². The third-order valence-electron chi connectivity index (χ3n) is 4.02. The van der Waals surface area contributed by atoms with Crippen LogP contribution in [0.1, 0.15) is 49.1 Å². The molecule has 1 radical (unpaired) electrons. The van der Waals surface area contributed by atoms with Gasteiger partial charge in [0.05, 0.1) is 6.07 Å². The van der Waals surface area contributed by atoms with Gasteiger partial charge in [-0.3, -0.25) is 0 Å². The molecule has 0 atom stereocenters. The lowest BCUT2D eigenvalue weighted by molar-refractivity contribution is 0.453. The number of anilines is 1. The monoisotopic (exact) mass is 311 g/mol. The molecule has 1 aromatic heterocycles. The van der Waals surface area contributed by atoms with Crippen LogP contribution < -0.4 is 10.1 Å². The van der Waals surface area contributed by atoms with Gasteiger partial charge in [0.15, 0.2) is 0 Å². The van der Waals surface area contributed by atoms with Gasteiger partial charge in [-0.05, 0) is 57.7 Å². The van der Waals surface area contributed by atoms with Gasteiger partial charge in [0.1, 0.15) is 5.75 Å². The number of hydrogen-bond donors (Lipinski definition) is 1. The first-order valence-electron chi connectivity index (χ1n) is 8.36. The van der Waals surface area contributed by atoms with E-state index in [2.05, 4.69) is 63.1 Å². The molecule has 0 aliphatic carbocycles. The van der Waals surface area contributed by atoms with E-state index < -0.39 is 0 Å². The van der Waals surface area contributed by atoms with E-state index >= 15 is 0 Å². The summed E-state index contributed by atoms with van der Waals surface area (Å²) in [6.45, 7) is 12.6. The van der Waals surface area contributed by atoms with Crippen LogP contribution in [-0.2, 0) is 0 Å². The molecule has 2 rings (SSSR count). The molecule has 3 nitrogen and oxygen atoms in total. The van der Waals surface area contributed by atoms with Crippen LogP contribution in [0.25, 0.3) is 0 Å². The smallest absolute Gasteiger partial charge is 0.229 e. The van der Waals surface area contributed by atoms with E-state index in [4.69, 9.17) is 4.74 Å². The minimum Gasteiger partial charge on any atom is -0.438 e. The maximum atomic E-state index is 6.06. The molecule has 1 N–H and O–H groups in total. The standard InChI is InChI=1S/C20H27N2O/c1-7-17(8-2)22-18-11-16(6)21-19(12-18)23-20-14(4)9-13(3)10-15(20)5/h9-11,17H,7-8H2,1-6H3,(H,21,22). The zero-order valence-electron chi connectivity index (χ0n) is 15.1. The Hall–Kier alpha value is -2.03. The molecule has 23 heavy (non-hydrogen) atoms. The lowest BCUT2D eigenvalue weighted by Gasteiger charge is -2.17. The minimum atomic E-state index is 0.448. The Morgan fingerprint density at radius 2 is 1.65 bits per heavy atom. The molecule has 1 heterocycles. The highest BCUT2D eigenvalue weighted by atomic mass is 16.5. The van der Waals surface area contributed by atoms with E-state index in [9.17, 15) is 0 Å². The molecule has 0 saturated carbocycles. The highest BCUT2D eigenvalue weighted by Crippen LogP contribution is 2.30. The molecule has 0 fully saturated rings. The second-order valence-corrected chi connectivity index (χ2v) is 6.23. The van der Waals surface area contributed by atoms with Crippen molar-refractivity contribution in [1.29, 1.82) is 0 Å². The Bertz CT molecular complexity index is 652. The zero-order chi connectivity index (χ0) is 17.0. The number of benzene rings is 1. The van der Waals surface area contributed by atoms with Gasteiger partial charge in [0.25, 0.3) is 0 Å². The quantitative estimate of drug-likeness (QED) is 0.764. The van der Waals surface area contributed by atoms with Crippen LogP contribution >= 0.6 is 0 Å². The van der Waals surface area contributed by atoms with Crippen LogP contribution in [0.4, 0.5) is 5.69 Å². The molecular weight excluding hydrogens is 284 g/mol. The van der Waals surface area contributed by atoms with Crippen molar-refractivity contribution in [3.8, 4) is 11.6 Å². The van der Waals surface area contributed by atoms with Gasteiger partial charge < -0.3 is 10.1 Å². The van der Waals surface area contributed by atoms with E-state index in [0.29, 0.717) is 11.9 Å². The summed E-state index contributed by atoms with van der Waals surface area (Å²) in [4.78, 5) is 4.47. The van der Waals surface area contributed by atoms with Crippen molar-refractivity contribution in [2.75, 3.05) is 5.32 Å². The first-order chi connectivity index (χ1) is 10.9. The van der Waals surface area contributed by atoms with Crippen LogP contribution in [0.5, 0.6) is 11.6 Å². The van der Waals surface area contributed by atoms with Crippen LogP contribution in [0.2, 0.25) is 0 Å². The van der Waals surface area contributed by atoms with Gasteiger partial charge in [0.2, 0.25) is 5.88 Å². The van der Waals surface area contributed by atoms with E-state index in [-0.39, 0.29) is 0 Å². The lowest BCUT2D eigenvalue weighted by Crippen LogP contribution is -2.17. The molecule has 0 aliphatic heterocycles. The van der Waals surface area contributed by atoms with Gasteiger partial charge in [-0.2, -0.15) is 0 Å². The number of hydrogen-bond acceptors (Lipinski definition) is 3. The maximum absolute atomic E-state index is 6.06. The Balaban J connectivity index is 2.29. The second kappa shape index (κ2) is 7.49. The minimum absolute atomic E-state index is 0.448. The lowest BCUT2D eigenvalue weighted by atomic mass is 10.1. The molecule has 2 aromatic rings. The van der Waals surface area contributed by atoms with Crippen molar-refractivity contribution in [2.24, 2.45) is 0 Å². The average Bonchev–Trinajstić information content (AvgIpc) is 2.48. The summed E-state index contributed by atoms with van der Waals surface area (Å²) in [5.74, 6) is 1.40. The Labute approximate surface area is 140 Å². The van der Waals surface area contributed by atoms with Crippen LogP contribution in [0.3, 0.4) is 0 Å². The molecule has 0 unspecified atom stereocenters. The summed E-state index contributed by atoms with van der Waals surface area (Å²) in [5, 5.41) is 3.51. The average molecular weight is 311 g/mol. The molecule has 123 valence electrons. The van der Waals surface area contributed by atoms with Crippen molar-refractivity contribution in [1.82, 2.24) is 4.98 Å². The highest BCUT2D eigenvalue weighted by Gasteiger charge is 2.11. The molecule has 0 amide bonds. The summed E-state index contributed by atoms with van der Waals surface area (Å²) >= 11 is 0. The maximum Gasteiger partial charge on any atom is 0.229 e. The number of pyridine rings is 1. The van der Waals surface area contributed by atoms with Gasteiger partial charge in [-0.25, -0.2) is 4.98 Å². The zero-order valence-corrected chi connectivity index (χ0v) is 15.1. The fourth-order valence-corrected chi connectivity index (χ4v) is 2.84. The first kappa shape index (κ1) is 17.3. The number of aromatic nitrogens is 1. The van der Waals surface area contributed by atoms with Crippen molar-refractivity contribution in [3.05, 3.63) is 46.6 Å². The Kier molecular flexibility index (Phi) is 5.64. The predicted octanol–water partition coefficient (Wildman–Crippen LogP) is 5.51. The molecule has 0 saturated heterocycles. The summed E-state index contributed by atoms with van der Waals surface area (Å²) in [6, 6.07) is 9.97. The van der Waals surface area contributed by atoms with Crippen LogP contribution in [0, 0.1) is 33.8 Å². The SMILES string of the molecule is CCC(CC)Nc1[c]c(Oc2c(C)cc(C)cc2C)nc(C)c1. The highest BCUT2D eigenvalue weighted by molar-refractivity contribution is 5.49. The molecule has 0 aliphatic rings. The van der Waals surface area contributed by atoms with Gasteiger partial charge in [-0.15, -0.1) is 0 Å². The van der Waals surface area contributed by atoms with Crippen LogP contribution in [-0.4, -0.2) is 11.0 Å². The topological polar surface area (TPSA) is 34.1 Å². The molecule has 0 spiro atoms. The van der Waals surface area contributed by atoms with Crippen molar-refractivity contribution in [3.63, 3.8) is 0 Å². The summed E-state index contributed by atoms with van der Waals surface area (Å²) in [6.07, 6.45) is 2.16. The number of nitrogens with one attached hydrogen (secondary N) is 1. The summed E-state index contributed by atoms with van der Waals surface area (Å²) in [7, 11) is 0. The number of nitrogens with zero attached hydrogens (tertiary/aromatic N) is 1. The Morgan fingerprint density at radius 3 is 2.22 bits per heavy atom. The predicted molar refractivity (Wildman–Crippen MR) is 96.5 cm³/mol. The molecular formula is C20H27N2O.